The molecular formula is C17H17NO6. The number of hydrogen-bond donors (Lipinski definition) is 0. The summed E-state index contributed by atoms with van der Waals surface area (Å²) in [5.41, 5.74) is 0.842. The van der Waals surface area contributed by atoms with E-state index in [1.54, 1.807) is 25.1 Å². The number of carbonyl (C=O) groups is 1. The number of nitro groups is 1. The lowest BCUT2D eigenvalue weighted by Crippen LogP contribution is -2.13. The van der Waals surface area contributed by atoms with E-state index in [0.717, 1.165) is 0 Å². The Morgan fingerprint density at radius 3 is 2.38 bits per heavy atom. The fourth-order valence-corrected chi connectivity index (χ4v) is 2.18. The molecule has 2 aromatic rings. The second kappa shape index (κ2) is 7.45. The van der Waals surface area contributed by atoms with Gasteiger partial charge in [-0.25, -0.2) is 0 Å². The van der Waals surface area contributed by atoms with Crippen molar-refractivity contribution in [2.75, 3.05) is 20.8 Å². The molecule has 0 spiro atoms. The molecule has 0 heterocycles. The number of nitrogens with zero attached hydrogens (tertiary/aromatic N) is 1. The van der Waals surface area contributed by atoms with E-state index in [1.165, 1.54) is 32.4 Å². The van der Waals surface area contributed by atoms with Crippen LogP contribution in [0.4, 0.5) is 5.69 Å². The number of ether oxygens (including phenoxy) is 3. The van der Waals surface area contributed by atoms with Crippen molar-refractivity contribution in [2.45, 2.75) is 6.92 Å². The highest BCUT2D eigenvalue weighted by Gasteiger charge is 2.15. The van der Waals surface area contributed by atoms with Crippen LogP contribution in [-0.4, -0.2) is 31.5 Å². The number of nitro benzene ring substituents is 1. The first-order valence-corrected chi connectivity index (χ1v) is 7.09. The molecule has 0 aromatic heterocycles. The van der Waals surface area contributed by atoms with Gasteiger partial charge in [0.25, 0.3) is 5.69 Å². The van der Waals surface area contributed by atoms with E-state index in [0.29, 0.717) is 28.4 Å². The molecule has 0 aliphatic heterocycles. The summed E-state index contributed by atoms with van der Waals surface area (Å²) in [4.78, 5) is 22.6. The fourth-order valence-electron chi connectivity index (χ4n) is 2.18. The number of carbonyl (C=O) groups excluding carboxylic acids is 1. The molecule has 126 valence electrons. The van der Waals surface area contributed by atoms with Gasteiger partial charge in [-0.3, -0.25) is 14.9 Å². The molecule has 0 unspecified atom stereocenters. The first-order chi connectivity index (χ1) is 11.5. The molecule has 7 heteroatoms. The highest BCUT2D eigenvalue weighted by molar-refractivity contribution is 6.00. The van der Waals surface area contributed by atoms with Crippen LogP contribution < -0.4 is 14.2 Å². The zero-order valence-electron chi connectivity index (χ0n) is 13.6. The minimum absolute atomic E-state index is 0.00509. The van der Waals surface area contributed by atoms with Crippen molar-refractivity contribution < 1.29 is 23.9 Å². The van der Waals surface area contributed by atoms with Gasteiger partial charge in [-0.2, -0.15) is 0 Å². The number of ketones is 1. The fraction of sp³-hybridized carbons (Fsp3) is 0.235. The van der Waals surface area contributed by atoms with Crippen LogP contribution in [-0.2, 0) is 0 Å². The van der Waals surface area contributed by atoms with Crippen LogP contribution in [0, 0.1) is 17.0 Å². The molecule has 2 rings (SSSR count). The number of rotatable bonds is 7. The molecular weight excluding hydrogens is 314 g/mol. The van der Waals surface area contributed by atoms with Crippen LogP contribution in [0.25, 0.3) is 0 Å². The summed E-state index contributed by atoms with van der Waals surface area (Å²) in [7, 11) is 2.99. The van der Waals surface area contributed by atoms with E-state index >= 15 is 0 Å². The Hall–Kier alpha value is -3.09. The third-order valence-corrected chi connectivity index (χ3v) is 3.44. The maximum Gasteiger partial charge on any atom is 0.272 e. The van der Waals surface area contributed by atoms with Crippen LogP contribution in [0.3, 0.4) is 0 Å². The molecule has 0 saturated carbocycles. The van der Waals surface area contributed by atoms with Crippen molar-refractivity contribution in [1.29, 1.82) is 0 Å². The molecule has 0 aliphatic rings. The summed E-state index contributed by atoms with van der Waals surface area (Å²) in [5, 5.41) is 10.8. The van der Waals surface area contributed by atoms with Gasteiger partial charge in [-0.15, -0.1) is 0 Å². The average molecular weight is 331 g/mol. The van der Waals surface area contributed by atoms with Crippen LogP contribution in [0.15, 0.2) is 36.4 Å². The molecule has 0 saturated heterocycles. The second-order valence-electron chi connectivity index (χ2n) is 4.98. The van der Waals surface area contributed by atoms with Gasteiger partial charge in [0.15, 0.2) is 6.61 Å². The summed E-state index contributed by atoms with van der Waals surface area (Å²) in [6.07, 6.45) is 0. The topological polar surface area (TPSA) is 87.9 Å². The normalized spacial score (nSPS) is 10.1. The molecule has 7 nitrogen and oxygen atoms in total. The van der Waals surface area contributed by atoms with E-state index in [2.05, 4.69) is 0 Å². The second-order valence-corrected chi connectivity index (χ2v) is 4.98. The van der Waals surface area contributed by atoms with Gasteiger partial charge >= 0.3 is 0 Å². The van der Waals surface area contributed by atoms with E-state index < -0.39 is 4.92 Å². The van der Waals surface area contributed by atoms with Gasteiger partial charge in [0, 0.05) is 17.7 Å². The molecule has 24 heavy (non-hydrogen) atoms. The Morgan fingerprint density at radius 1 is 1.08 bits per heavy atom. The Balaban J connectivity index is 2.11. The van der Waals surface area contributed by atoms with Crippen LogP contribution >= 0.6 is 0 Å². The van der Waals surface area contributed by atoms with Crippen molar-refractivity contribution in [3.63, 3.8) is 0 Å². The molecule has 0 N–H and O–H groups in total. The highest BCUT2D eigenvalue weighted by atomic mass is 16.6. The minimum atomic E-state index is -0.466. The molecule has 0 aliphatic carbocycles. The lowest BCUT2D eigenvalue weighted by Gasteiger charge is -2.11. The third-order valence-electron chi connectivity index (χ3n) is 3.44. The van der Waals surface area contributed by atoms with Gasteiger partial charge < -0.3 is 14.2 Å². The highest BCUT2D eigenvalue weighted by Crippen LogP contribution is 2.26. The molecule has 2 aromatic carbocycles. The third kappa shape index (κ3) is 3.81. The number of aryl methyl sites for hydroxylation is 1. The van der Waals surface area contributed by atoms with E-state index in [-0.39, 0.29) is 18.1 Å². The van der Waals surface area contributed by atoms with Gasteiger partial charge in [0.2, 0.25) is 5.78 Å². The molecule has 0 bridgehead atoms. The number of benzene rings is 2. The lowest BCUT2D eigenvalue weighted by molar-refractivity contribution is -0.385. The monoisotopic (exact) mass is 331 g/mol. The largest absolute Gasteiger partial charge is 0.497 e. The lowest BCUT2D eigenvalue weighted by atomic mass is 10.1. The predicted molar refractivity (Wildman–Crippen MR) is 87.2 cm³/mol. The van der Waals surface area contributed by atoms with Crippen LogP contribution in [0.1, 0.15) is 15.9 Å². The summed E-state index contributed by atoms with van der Waals surface area (Å²) < 4.78 is 15.7. The predicted octanol–water partition coefficient (Wildman–Crippen LogP) is 3.18. The zero-order valence-corrected chi connectivity index (χ0v) is 13.6. The number of methoxy groups -OCH3 is 2. The van der Waals surface area contributed by atoms with E-state index in [1.807, 2.05) is 0 Å². The first-order valence-electron chi connectivity index (χ1n) is 7.09. The maximum absolute atomic E-state index is 12.3. The van der Waals surface area contributed by atoms with Gasteiger partial charge in [0.05, 0.1) is 24.7 Å². The maximum atomic E-state index is 12.3. The quantitative estimate of drug-likeness (QED) is 0.440. The Kier molecular flexibility index (Phi) is 5.36. The molecule has 0 amide bonds. The van der Waals surface area contributed by atoms with Crippen molar-refractivity contribution in [3.05, 3.63) is 57.6 Å². The standard InChI is InChI=1S/C17H17NO6/c1-11-8-13(5-7-15(11)18(20)21)24-10-16(19)14-6-4-12(22-2)9-17(14)23-3/h4-9H,10H2,1-3H3. The smallest absolute Gasteiger partial charge is 0.272 e. The Morgan fingerprint density at radius 2 is 1.79 bits per heavy atom. The zero-order chi connectivity index (χ0) is 17.7. The summed E-state index contributed by atoms with van der Waals surface area (Å²) >= 11 is 0. The van der Waals surface area contributed by atoms with Crippen LogP contribution in [0.5, 0.6) is 17.2 Å². The van der Waals surface area contributed by atoms with Gasteiger partial charge in [-0.05, 0) is 31.2 Å². The number of hydrogen-bond acceptors (Lipinski definition) is 6. The van der Waals surface area contributed by atoms with Crippen molar-refractivity contribution in [2.24, 2.45) is 0 Å². The van der Waals surface area contributed by atoms with E-state index in [4.69, 9.17) is 14.2 Å². The van der Waals surface area contributed by atoms with Crippen molar-refractivity contribution in [1.82, 2.24) is 0 Å². The first kappa shape index (κ1) is 17.3. The summed E-state index contributed by atoms with van der Waals surface area (Å²) in [6.45, 7) is 1.40. The molecule has 0 fully saturated rings. The molecule has 0 atom stereocenters. The molecule has 0 radical (unpaired) electrons. The Labute approximate surface area is 138 Å². The Bertz CT molecular complexity index is 772. The summed E-state index contributed by atoms with van der Waals surface area (Å²) in [6, 6.07) is 9.21. The number of Topliss-reactive ketones (excluding diaryl/α,β-unsaturated/α-hetero) is 1. The van der Waals surface area contributed by atoms with E-state index in [9.17, 15) is 14.9 Å². The minimum Gasteiger partial charge on any atom is -0.497 e. The summed E-state index contributed by atoms with van der Waals surface area (Å²) in [5.74, 6) is 1.09. The van der Waals surface area contributed by atoms with Crippen LogP contribution in [0.2, 0.25) is 0 Å². The van der Waals surface area contributed by atoms with Gasteiger partial charge in [-0.1, -0.05) is 0 Å². The average Bonchev–Trinajstić information content (AvgIpc) is 2.58. The van der Waals surface area contributed by atoms with Gasteiger partial charge in [0.1, 0.15) is 17.2 Å². The van der Waals surface area contributed by atoms with Crippen molar-refractivity contribution in [3.8, 4) is 17.2 Å². The SMILES string of the molecule is COc1ccc(C(=O)COc2ccc([N+](=O)[O-])c(C)c2)c(OC)c1. The van der Waals surface area contributed by atoms with Crippen molar-refractivity contribution >= 4 is 11.5 Å².